The maximum atomic E-state index is 13.0. The number of hydrogen-bond acceptors (Lipinski definition) is 6. The van der Waals surface area contributed by atoms with E-state index in [0.29, 0.717) is 36.8 Å². The lowest BCUT2D eigenvalue weighted by Crippen LogP contribution is -2.37. The number of thioether (sulfide) groups is 1. The van der Waals surface area contributed by atoms with E-state index in [9.17, 15) is 13.2 Å². The summed E-state index contributed by atoms with van der Waals surface area (Å²) < 4.78 is 29.3. The number of benzene rings is 1. The molecule has 1 amide bonds. The molecule has 3 heterocycles. The molecule has 8 nitrogen and oxygen atoms in total. The Balaban J connectivity index is 1.50. The molecule has 176 valence electrons. The van der Waals surface area contributed by atoms with E-state index in [1.807, 2.05) is 35.1 Å². The van der Waals surface area contributed by atoms with Crippen LogP contribution < -0.4 is 5.32 Å². The molecule has 4 rings (SSSR count). The number of nitrogens with one attached hydrogen (secondary N) is 1. The fourth-order valence-electron chi connectivity index (χ4n) is 3.99. The highest BCUT2D eigenvalue weighted by molar-refractivity contribution is 7.98. The molecule has 33 heavy (non-hydrogen) atoms. The molecule has 1 fully saturated rings. The first kappa shape index (κ1) is 23.7. The molecule has 1 atom stereocenters. The van der Waals surface area contributed by atoms with Gasteiger partial charge in [0.2, 0.25) is 10.0 Å². The van der Waals surface area contributed by atoms with Crippen LogP contribution in [0.15, 0.2) is 53.6 Å². The lowest BCUT2D eigenvalue weighted by atomic mass is 10.0. The molecule has 1 aliphatic heterocycles. The number of fused-ring (bicyclic) bond motifs is 1. The zero-order valence-electron chi connectivity index (χ0n) is 18.8. The predicted octanol–water partition coefficient (Wildman–Crippen LogP) is 3.37. The number of piperidine rings is 1. The lowest BCUT2D eigenvalue weighted by Gasteiger charge is -2.29. The summed E-state index contributed by atoms with van der Waals surface area (Å²) in [6.07, 6.45) is 6.33. The van der Waals surface area contributed by atoms with Crippen LogP contribution >= 0.6 is 11.8 Å². The molecule has 0 aliphatic carbocycles. The minimum absolute atomic E-state index is 0.219. The summed E-state index contributed by atoms with van der Waals surface area (Å²) >= 11 is 1.69. The van der Waals surface area contributed by atoms with Crippen LogP contribution in [-0.4, -0.2) is 58.3 Å². The Morgan fingerprint density at radius 1 is 1.15 bits per heavy atom. The minimum atomic E-state index is -3.55. The maximum Gasteiger partial charge on any atom is 0.251 e. The van der Waals surface area contributed by atoms with Gasteiger partial charge in [0.05, 0.1) is 10.9 Å². The molecule has 1 aromatic carbocycles. The fraction of sp³-hybridized carbons (Fsp3) is 0.435. The molecule has 0 saturated carbocycles. The number of carbonyl (C=O) groups is 1. The zero-order chi connectivity index (χ0) is 23.4. The fourth-order valence-corrected chi connectivity index (χ4v) is 5.93. The van der Waals surface area contributed by atoms with Crippen molar-refractivity contribution >= 4 is 33.3 Å². The number of pyridine rings is 1. The predicted molar refractivity (Wildman–Crippen MR) is 130 cm³/mol. The second kappa shape index (κ2) is 10.2. The monoisotopic (exact) mass is 487 g/mol. The highest BCUT2D eigenvalue weighted by Crippen LogP contribution is 2.24. The Kier molecular flexibility index (Phi) is 7.35. The summed E-state index contributed by atoms with van der Waals surface area (Å²) in [5, 5.41) is 11.6. The first-order valence-electron chi connectivity index (χ1n) is 11.1. The van der Waals surface area contributed by atoms with E-state index in [2.05, 4.69) is 22.4 Å². The van der Waals surface area contributed by atoms with Crippen molar-refractivity contribution in [1.82, 2.24) is 24.2 Å². The minimum Gasteiger partial charge on any atom is -0.342 e. The van der Waals surface area contributed by atoms with Crippen molar-refractivity contribution in [2.24, 2.45) is 5.92 Å². The van der Waals surface area contributed by atoms with Gasteiger partial charge in [-0.3, -0.25) is 9.20 Å². The third-order valence-electron chi connectivity index (χ3n) is 6.06. The van der Waals surface area contributed by atoms with Crippen molar-refractivity contribution in [3.05, 3.63) is 60.0 Å². The van der Waals surface area contributed by atoms with Crippen LogP contribution in [-0.2, 0) is 10.0 Å². The molecule has 1 N–H and O–H groups in total. The zero-order valence-corrected chi connectivity index (χ0v) is 20.5. The largest absolute Gasteiger partial charge is 0.342 e. The van der Waals surface area contributed by atoms with Gasteiger partial charge in [-0.15, -0.1) is 10.2 Å². The van der Waals surface area contributed by atoms with E-state index in [4.69, 9.17) is 0 Å². The second-order valence-electron chi connectivity index (χ2n) is 8.41. The summed E-state index contributed by atoms with van der Waals surface area (Å²) in [6.45, 7) is 3.22. The number of carbonyl (C=O) groups excluding carboxylic acids is 1. The Bertz CT molecular complexity index is 1200. The van der Waals surface area contributed by atoms with Crippen molar-refractivity contribution in [1.29, 1.82) is 0 Å². The molecule has 0 spiro atoms. The van der Waals surface area contributed by atoms with Crippen LogP contribution in [0, 0.1) is 5.92 Å². The van der Waals surface area contributed by atoms with Gasteiger partial charge >= 0.3 is 0 Å². The van der Waals surface area contributed by atoms with Crippen LogP contribution in [0.3, 0.4) is 0 Å². The van der Waals surface area contributed by atoms with Gasteiger partial charge in [0.25, 0.3) is 5.91 Å². The number of aromatic nitrogens is 3. The summed E-state index contributed by atoms with van der Waals surface area (Å²) in [7, 11) is -3.55. The van der Waals surface area contributed by atoms with Crippen LogP contribution in [0.25, 0.3) is 5.65 Å². The first-order valence-corrected chi connectivity index (χ1v) is 13.9. The Labute approximate surface area is 198 Å². The summed E-state index contributed by atoms with van der Waals surface area (Å²) in [6, 6.07) is 11.5. The number of amides is 1. The van der Waals surface area contributed by atoms with Gasteiger partial charge in [0.15, 0.2) is 11.5 Å². The van der Waals surface area contributed by atoms with Gasteiger partial charge in [-0.2, -0.15) is 16.1 Å². The van der Waals surface area contributed by atoms with Crippen molar-refractivity contribution in [2.45, 2.75) is 37.1 Å². The van der Waals surface area contributed by atoms with E-state index in [0.717, 1.165) is 24.2 Å². The molecule has 1 aliphatic rings. The quantitative estimate of drug-likeness (QED) is 0.523. The third-order valence-corrected chi connectivity index (χ3v) is 8.62. The van der Waals surface area contributed by atoms with Gasteiger partial charge < -0.3 is 5.32 Å². The van der Waals surface area contributed by atoms with E-state index >= 15 is 0 Å². The Morgan fingerprint density at radius 3 is 2.58 bits per heavy atom. The van der Waals surface area contributed by atoms with Crippen molar-refractivity contribution in [3.8, 4) is 0 Å². The Morgan fingerprint density at radius 2 is 1.88 bits per heavy atom. The molecule has 0 bridgehead atoms. The van der Waals surface area contributed by atoms with E-state index in [1.165, 1.54) is 16.4 Å². The third kappa shape index (κ3) is 5.23. The van der Waals surface area contributed by atoms with Crippen molar-refractivity contribution in [3.63, 3.8) is 0 Å². The molecular weight excluding hydrogens is 458 g/mol. The summed E-state index contributed by atoms with van der Waals surface area (Å²) in [4.78, 5) is 13.2. The number of hydrogen-bond donors (Lipinski definition) is 1. The molecule has 1 saturated heterocycles. The summed E-state index contributed by atoms with van der Waals surface area (Å²) in [5.41, 5.74) is 1.13. The highest BCUT2D eigenvalue weighted by atomic mass is 32.2. The molecule has 0 radical (unpaired) electrons. The number of nitrogens with zero attached hydrogens (tertiary/aromatic N) is 4. The SMILES string of the molecule is CSCCC(NC(=O)c1ccc(S(=O)(=O)N2CCC(C)CC2)cc1)c1nnc2ccccn12. The standard InChI is InChI=1S/C23H29N5O3S2/c1-17-10-14-27(15-11-17)33(30,31)19-8-6-18(7-9-19)23(29)24-20(12-16-32-2)22-26-25-21-5-3-4-13-28(21)22/h3-9,13,17,20H,10-12,14-16H2,1-2H3,(H,24,29). The van der Waals surface area contributed by atoms with E-state index < -0.39 is 10.0 Å². The molecular formula is C23H29N5O3S2. The second-order valence-corrected chi connectivity index (χ2v) is 11.3. The van der Waals surface area contributed by atoms with Crippen molar-refractivity contribution < 1.29 is 13.2 Å². The normalized spacial score (nSPS) is 16.7. The first-order chi connectivity index (χ1) is 15.9. The van der Waals surface area contributed by atoms with Crippen molar-refractivity contribution in [2.75, 3.05) is 25.1 Å². The van der Waals surface area contributed by atoms with E-state index in [-0.39, 0.29) is 16.8 Å². The number of sulfonamides is 1. The molecule has 3 aromatic rings. The molecule has 2 aromatic heterocycles. The smallest absolute Gasteiger partial charge is 0.251 e. The lowest BCUT2D eigenvalue weighted by molar-refractivity contribution is 0.0933. The topological polar surface area (TPSA) is 96.7 Å². The number of rotatable bonds is 8. The van der Waals surface area contributed by atoms with Gasteiger partial charge in [-0.05, 0) is 73.6 Å². The summed E-state index contributed by atoms with van der Waals surface area (Å²) in [5.74, 6) is 1.79. The van der Waals surface area contributed by atoms with E-state index in [1.54, 1.807) is 23.9 Å². The van der Waals surface area contributed by atoms with Gasteiger partial charge in [0, 0.05) is 24.8 Å². The van der Waals surface area contributed by atoms with Gasteiger partial charge in [0.1, 0.15) is 0 Å². The van der Waals surface area contributed by atoms with Crippen LogP contribution in [0.5, 0.6) is 0 Å². The average molecular weight is 488 g/mol. The Hall–Kier alpha value is -2.43. The average Bonchev–Trinajstić information content (AvgIpc) is 3.26. The van der Waals surface area contributed by atoms with Gasteiger partial charge in [-0.25, -0.2) is 8.42 Å². The van der Waals surface area contributed by atoms with Crippen LogP contribution in [0.1, 0.15) is 48.4 Å². The van der Waals surface area contributed by atoms with Crippen LogP contribution in [0.2, 0.25) is 0 Å². The molecule has 10 heteroatoms. The highest BCUT2D eigenvalue weighted by Gasteiger charge is 2.28. The molecule has 1 unspecified atom stereocenters. The van der Waals surface area contributed by atoms with Crippen LogP contribution in [0.4, 0.5) is 0 Å². The maximum absolute atomic E-state index is 13.0. The van der Waals surface area contributed by atoms with Gasteiger partial charge in [-0.1, -0.05) is 13.0 Å².